The Hall–Kier alpha value is -1.62. The number of rotatable bonds is 8. The first kappa shape index (κ1) is 16.8. The van der Waals surface area contributed by atoms with E-state index in [1.165, 1.54) is 0 Å². The van der Waals surface area contributed by atoms with Gasteiger partial charge in [-0.1, -0.05) is 60.7 Å². The fourth-order valence-corrected chi connectivity index (χ4v) is 2.27. The van der Waals surface area contributed by atoms with Gasteiger partial charge in [0.2, 0.25) is 0 Å². The molecule has 0 bridgehead atoms. The number of hydrogen-bond acceptors (Lipinski definition) is 3. The van der Waals surface area contributed by atoms with Gasteiger partial charge in [0.25, 0.3) is 0 Å². The molecule has 0 spiro atoms. The summed E-state index contributed by atoms with van der Waals surface area (Å²) in [6.45, 7) is 4.48. The minimum Gasteiger partial charge on any atom is -0.411 e. The zero-order valence-electron chi connectivity index (χ0n) is 13.3. The molecule has 2 aromatic carbocycles. The molecule has 4 heteroatoms. The molecule has 0 aliphatic heterocycles. The summed E-state index contributed by atoms with van der Waals surface area (Å²) in [4.78, 5) is 0. The Balaban J connectivity index is 2.06. The van der Waals surface area contributed by atoms with Gasteiger partial charge in [-0.3, -0.25) is 0 Å². The standard InChI is InChI=1S/C18H24BNO2/c1-15(2)21-14-13-18(20)22-19(16-9-5-3-6-10-16)17-11-7-4-8-12-17/h3-12,15,18H,13-14,20H2,1-2H3. The molecule has 0 fully saturated rings. The summed E-state index contributed by atoms with van der Waals surface area (Å²) in [5, 5.41) is 0. The van der Waals surface area contributed by atoms with Crippen LogP contribution in [0.4, 0.5) is 0 Å². The third-order valence-electron chi connectivity index (χ3n) is 3.37. The molecule has 116 valence electrons. The normalized spacial score (nSPS) is 12.4. The molecule has 0 heterocycles. The Morgan fingerprint density at radius 2 is 1.41 bits per heavy atom. The zero-order chi connectivity index (χ0) is 15.8. The molecule has 0 amide bonds. The lowest BCUT2D eigenvalue weighted by atomic mass is 9.55. The van der Waals surface area contributed by atoms with Crippen molar-refractivity contribution < 1.29 is 9.39 Å². The van der Waals surface area contributed by atoms with Crippen LogP contribution in [0.25, 0.3) is 0 Å². The van der Waals surface area contributed by atoms with E-state index in [-0.39, 0.29) is 19.2 Å². The van der Waals surface area contributed by atoms with Crippen LogP contribution in [-0.4, -0.2) is 25.9 Å². The first-order valence-electron chi connectivity index (χ1n) is 7.79. The monoisotopic (exact) mass is 297 g/mol. The molecule has 1 atom stereocenters. The molecular weight excluding hydrogens is 273 g/mol. The first-order valence-corrected chi connectivity index (χ1v) is 7.79. The average molecular weight is 297 g/mol. The van der Waals surface area contributed by atoms with Crippen molar-refractivity contribution in [1.82, 2.24) is 0 Å². The number of nitrogens with two attached hydrogens (primary N) is 1. The Labute approximate surface area is 133 Å². The first-order chi connectivity index (χ1) is 10.7. The van der Waals surface area contributed by atoms with Gasteiger partial charge in [-0.15, -0.1) is 0 Å². The van der Waals surface area contributed by atoms with Gasteiger partial charge in [0.05, 0.1) is 18.9 Å². The van der Waals surface area contributed by atoms with Crippen molar-refractivity contribution >= 4 is 17.8 Å². The SMILES string of the molecule is CC(C)OCCC(N)OB(c1ccccc1)c1ccccc1. The van der Waals surface area contributed by atoms with Crippen LogP contribution in [0, 0.1) is 0 Å². The summed E-state index contributed by atoms with van der Waals surface area (Å²) in [5.74, 6) is 0. The van der Waals surface area contributed by atoms with E-state index in [2.05, 4.69) is 24.3 Å². The highest BCUT2D eigenvalue weighted by Crippen LogP contribution is 2.01. The van der Waals surface area contributed by atoms with E-state index in [0.29, 0.717) is 13.0 Å². The summed E-state index contributed by atoms with van der Waals surface area (Å²) in [5.41, 5.74) is 8.34. The van der Waals surface area contributed by atoms with Crippen LogP contribution in [-0.2, 0) is 9.39 Å². The minimum absolute atomic E-state index is 0.156. The van der Waals surface area contributed by atoms with Crippen LogP contribution >= 0.6 is 0 Å². The average Bonchev–Trinajstić information content (AvgIpc) is 2.54. The summed E-state index contributed by atoms with van der Waals surface area (Å²) in [7, 11) is 0. The fraction of sp³-hybridized carbons (Fsp3) is 0.333. The molecule has 3 nitrogen and oxygen atoms in total. The molecule has 2 rings (SSSR count). The molecule has 2 N–H and O–H groups in total. The van der Waals surface area contributed by atoms with Crippen molar-refractivity contribution in [2.75, 3.05) is 6.61 Å². The Morgan fingerprint density at radius 1 is 0.909 bits per heavy atom. The Bertz CT molecular complexity index is 494. The molecule has 22 heavy (non-hydrogen) atoms. The van der Waals surface area contributed by atoms with Crippen LogP contribution in [0.3, 0.4) is 0 Å². The van der Waals surface area contributed by atoms with Gasteiger partial charge in [-0.2, -0.15) is 0 Å². The predicted molar refractivity (Wildman–Crippen MR) is 92.7 cm³/mol. The summed E-state index contributed by atoms with van der Waals surface area (Å²) in [6, 6.07) is 20.3. The van der Waals surface area contributed by atoms with E-state index >= 15 is 0 Å². The molecule has 2 aromatic rings. The third kappa shape index (κ3) is 5.30. The van der Waals surface area contributed by atoms with E-state index in [9.17, 15) is 0 Å². The van der Waals surface area contributed by atoms with E-state index in [0.717, 1.165) is 10.9 Å². The molecule has 0 aromatic heterocycles. The number of benzene rings is 2. The van der Waals surface area contributed by atoms with Gasteiger partial charge in [0.1, 0.15) is 0 Å². The van der Waals surface area contributed by atoms with Crippen molar-refractivity contribution in [2.45, 2.75) is 32.6 Å². The van der Waals surface area contributed by atoms with Crippen LogP contribution in [0.5, 0.6) is 0 Å². The number of ether oxygens (including phenoxy) is 1. The van der Waals surface area contributed by atoms with E-state index in [1.54, 1.807) is 0 Å². The van der Waals surface area contributed by atoms with Crippen LogP contribution in [0.2, 0.25) is 0 Å². The molecule has 1 unspecified atom stereocenters. The minimum atomic E-state index is -0.357. The zero-order valence-corrected chi connectivity index (χ0v) is 13.3. The van der Waals surface area contributed by atoms with Gasteiger partial charge in [-0.25, -0.2) is 0 Å². The van der Waals surface area contributed by atoms with Crippen LogP contribution < -0.4 is 16.7 Å². The van der Waals surface area contributed by atoms with Gasteiger partial charge < -0.3 is 15.1 Å². The smallest absolute Gasteiger partial charge is 0.362 e. The second-order valence-electron chi connectivity index (χ2n) is 5.58. The highest BCUT2D eigenvalue weighted by atomic mass is 16.5. The quantitative estimate of drug-likeness (QED) is 0.598. The Morgan fingerprint density at radius 3 is 1.86 bits per heavy atom. The lowest BCUT2D eigenvalue weighted by Gasteiger charge is -2.21. The second kappa shape index (κ2) is 8.74. The van der Waals surface area contributed by atoms with Gasteiger partial charge in [-0.05, 0) is 24.8 Å². The molecule has 0 saturated heterocycles. The maximum atomic E-state index is 6.13. The van der Waals surface area contributed by atoms with Crippen molar-refractivity contribution in [2.24, 2.45) is 5.73 Å². The lowest BCUT2D eigenvalue weighted by molar-refractivity contribution is 0.0546. The summed E-state index contributed by atoms with van der Waals surface area (Å²) < 4.78 is 11.6. The molecule has 0 saturated carbocycles. The van der Waals surface area contributed by atoms with Crippen molar-refractivity contribution in [3.05, 3.63) is 60.7 Å². The Kier molecular flexibility index (Phi) is 6.65. The summed E-state index contributed by atoms with van der Waals surface area (Å²) in [6.07, 6.45) is 0.532. The van der Waals surface area contributed by atoms with Gasteiger partial charge in [0, 0.05) is 6.42 Å². The number of hydrogen-bond donors (Lipinski definition) is 1. The van der Waals surface area contributed by atoms with E-state index in [1.807, 2.05) is 50.2 Å². The van der Waals surface area contributed by atoms with Crippen LogP contribution in [0.15, 0.2) is 60.7 Å². The largest absolute Gasteiger partial charge is 0.411 e. The lowest BCUT2D eigenvalue weighted by Crippen LogP contribution is -2.49. The fourth-order valence-electron chi connectivity index (χ4n) is 2.27. The maximum Gasteiger partial charge on any atom is 0.362 e. The highest BCUT2D eigenvalue weighted by Gasteiger charge is 2.23. The second-order valence-corrected chi connectivity index (χ2v) is 5.58. The maximum absolute atomic E-state index is 6.13. The molecular formula is C18H24BNO2. The molecule has 0 aliphatic rings. The van der Waals surface area contributed by atoms with Crippen molar-refractivity contribution in [3.63, 3.8) is 0 Å². The van der Waals surface area contributed by atoms with E-state index in [4.69, 9.17) is 15.1 Å². The molecule has 0 aliphatic carbocycles. The van der Waals surface area contributed by atoms with Gasteiger partial charge in [0.15, 0.2) is 0 Å². The highest BCUT2D eigenvalue weighted by molar-refractivity contribution is 6.80. The topological polar surface area (TPSA) is 44.5 Å². The molecule has 0 radical (unpaired) electrons. The van der Waals surface area contributed by atoms with Crippen molar-refractivity contribution in [3.8, 4) is 0 Å². The third-order valence-corrected chi connectivity index (χ3v) is 3.37. The van der Waals surface area contributed by atoms with E-state index < -0.39 is 0 Å². The van der Waals surface area contributed by atoms with Crippen molar-refractivity contribution in [1.29, 1.82) is 0 Å². The van der Waals surface area contributed by atoms with Gasteiger partial charge >= 0.3 is 6.92 Å². The van der Waals surface area contributed by atoms with Crippen LogP contribution in [0.1, 0.15) is 20.3 Å². The summed E-state index contributed by atoms with van der Waals surface area (Å²) >= 11 is 0. The predicted octanol–water partition coefficient (Wildman–Crippen LogP) is 1.91.